The van der Waals surface area contributed by atoms with Crippen molar-refractivity contribution in [2.24, 2.45) is 0 Å². The number of benzene rings is 2. The Balaban J connectivity index is 1.75. The quantitative estimate of drug-likeness (QED) is 0.705. The number of carbonyl (C=O) groups excluding carboxylic acids is 3. The molecule has 0 atom stereocenters. The van der Waals surface area contributed by atoms with Crippen LogP contribution >= 0.6 is 23.4 Å². The first-order chi connectivity index (χ1) is 12.5. The van der Waals surface area contributed by atoms with Gasteiger partial charge in [-0.25, -0.2) is 4.79 Å². The van der Waals surface area contributed by atoms with Crippen LogP contribution in [-0.4, -0.2) is 36.4 Å². The van der Waals surface area contributed by atoms with Gasteiger partial charge in [-0.05, 0) is 42.5 Å². The second kappa shape index (κ2) is 9.84. The second-order valence-corrected chi connectivity index (χ2v) is 6.59. The Bertz CT molecular complexity index is 796. The number of anilines is 2. The number of esters is 1. The van der Waals surface area contributed by atoms with Crippen molar-refractivity contribution in [3.63, 3.8) is 0 Å². The van der Waals surface area contributed by atoms with Gasteiger partial charge in [-0.1, -0.05) is 17.7 Å². The van der Waals surface area contributed by atoms with Gasteiger partial charge in [0.15, 0.2) is 0 Å². The number of rotatable bonds is 7. The molecule has 2 aromatic rings. The summed E-state index contributed by atoms with van der Waals surface area (Å²) in [5, 5.41) is 5.98. The Kier molecular flexibility index (Phi) is 7.50. The van der Waals surface area contributed by atoms with Crippen LogP contribution in [0.4, 0.5) is 11.4 Å². The molecule has 136 valence electrons. The molecule has 0 radical (unpaired) electrons. The molecule has 6 nitrogen and oxygen atoms in total. The third-order valence-corrected chi connectivity index (χ3v) is 4.35. The Morgan fingerprint density at radius 3 is 2.19 bits per heavy atom. The zero-order chi connectivity index (χ0) is 18.9. The van der Waals surface area contributed by atoms with E-state index in [0.29, 0.717) is 22.0 Å². The summed E-state index contributed by atoms with van der Waals surface area (Å²) >= 11 is 6.97. The summed E-state index contributed by atoms with van der Waals surface area (Å²) in [6, 6.07) is 13.2. The summed E-state index contributed by atoms with van der Waals surface area (Å²) in [5.74, 6) is -0.710. The molecule has 0 fully saturated rings. The number of methoxy groups -OCH3 is 1. The Labute approximate surface area is 160 Å². The van der Waals surface area contributed by atoms with E-state index in [9.17, 15) is 14.4 Å². The fraction of sp³-hybridized carbons (Fsp3) is 0.167. The van der Waals surface area contributed by atoms with Gasteiger partial charge in [-0.2, -0.15) is 0 Å². The lowest BCUT2D eigenvalue weighted by Gasteiger charge is -2.07. The zero-order valence-electron chi connectivity index (χ0n) is 14.0. The molecule has 2 amide bonds. The maximum Gasteiger partial charge on any atom is 0.337 e. The first-order valence-electron chi connectivity index (χ1n) is 7.59. The van der Waals surface area contributed by atoms with E-state index in [1.54, 1.807) is 42.5 Å². The monoisotopic (exact) mass is 392 g/mol. The first kappa shape index (κ1) is 19.8. The highest BCUT2D eigenvalue weighted by atomic mass is 35.5. The van der Waals surface area contributed by atoms with Crippen LogP contribution in [0.1, 0.15) is 10.4 Å². The number of thioether (sulfide) groups is 1. The minimum absolute atomic E-state index is 0.108. The summed E-state index contributed by atoms with van der Waals surface area (Å²) in [6.07, 6.45) is 0. The van der Waals surface area contributed by atoms with Crippen LogP contribution in [-0.2, 0) is 14.3 Å². The molecule has 2 aromatic carbocycles. The van der Waals surface area contributed by atoms with Crippen molar-refractivity contribution in [2.45, 2.75) is 0 Å². The summed E-state index contributed by atoms with van der Waals surface area (Å²) < 4.78 is 4.64. The summed E-state index contributed by atoms with van der Waals surface area (Å²) in [4.78, 5) is 35.3. The third kappa shape index (κ3) is 6.42. The first-order valence-corrected chi connectivity index (χ1v) is 9.12. The highest BCUT2D eigenvalue weighted by molar-refractivity contribution is 8.00. The molecule has 2 N–H and O–H groups in total. The number of halogens is 1. The van der Waals surface area contributed by atoms with Crippen molar-refractivity contribution >= 4 is 52.5 Å². The van der Waals surface area contributed by atoms with Crippen molar-refractivity contribution in [2.75, 3.05) is 29.2 Å². The Morgan fingerprint density at radius 2 is 1.58 bits per heavy atom. The standard InChI is InChI=1S/C18H17ClN2O4S/c1-25-18(24)12-3-2-4-15(9-12)21-17(23)11-26-10-16(22)20-14-7-5-13(19)6-8-14/h2-9H,10-11H2,1H3,(H,20,22)(H,21,23). The average molecular weight is 393 g/mol. The maximum absolute atomic E-state index is 11.9. The fourth-order valence-electron chi connectivity index (χ4n) is 2.01. The molecule has 0 aliphatic carbocycles. The summed E-state index contributed by atoms with van der Waals surface area (Å²) in [7, 11) is 1.29. The van der Waals surface area contributed by atoms with Gasteiger partial charge in [-0.15, -0.1) is 11.8 Å². The van der Waals surface area contributed by atoms with Crippen LogP contribution in [0, 0.1) is 0 Å². The van der Waals surface area contributed by atoms with Gasteiger partial charge in [0.25, 0.3) is 0 Å². The van der Waals surface area contributed by atoms with Gasteiger partial charge in [-0.3, -0.25) is 9.59 Å². The van der Waals surface area contributed by atoms with Gasteiger partial charge in [0.2, 0.25) is 11.8 Å². The molecule has 0 aliphatic rings. The molecule has 0 saturated heterocycles. The van der Waals surface area contributed by atoms with Crippen LogP contribution in [0.25, 0.3) is 0 Å². The summed E-state index contributed by atoms with van der Waals surface area (Å²) in [6.45, 7) is 0. The van der Waals surface area contributed by atoms with Crippen LogP contribution in [0.5, 0.6) is 0 Å². The van der Waals surface area contributed by atoms with Crippen LogP contribution < -0.4 is 10.6 Å². The lowest BCUT2D eigenvalue weighted by atomic mass is 10.2. The number of hydrogen-bond donors (Lipinski definition) is 2. The van der Waals surface area contributed by atoms with Gasteiger partial charge in [0.1, 0.15) is 0 Å². The zero-order valence-corrected chi connectivity index (χ0v) is 15.5. The fourth-order valence-corrected chi connectivity index (χ4v) is 2.75. The Morgan fingerprint density at radius 1 is 0.962 bits per heavy atom. The number of amides is 2. The van der Waals surface area contributed by atoms with E-state index >= 15 is 0 Å². The molecular formula is C18H17ClN2O4S. The van der Waals surface area contributed by atoms with Crippen LogP contribution in [0.15, 0.2) is 48.5 Å². The smallest absolute Gasteiger partial charge is 0.337 e. The molecule has 8 heteroatoms. The largest absolute Gasteiger partial charge is 0.465 e. The van der Waals surface area contributed by atoms with E-state index in [4.69, 9.17) is 11.6 Å². The highest BCUT2D eigenvalue weighted by Crippen LogP contribution is 2.15. The second-order valence-electron chi connectivity index (χ2n) is 5.17. The van der Waals surface area contributed by atoms with E-state index in [0.717, 1.165) is 0 Å². The van der Waals surface area contributed by atoms with Gasteiger partial charge < -0.3 is 15.4 Å². The highest BCUT2D eigenvalue weighted by Gasteiger charge is 2.09. The van der Waals surface area contributed by atoms with Crippen LogP contribution in [0.3, 0.4) is 0 Å². The van der Waals surface area contributed by atoms with E-state index in [1.807, 2.05) is 0 Å². The lowest BCUT2D eigenvalue weighted by molar-refractivity contribution is -0.114. The van der Waals surface area contributed by atoms with Gasteiger partial charge >= 0.3 is 5.97 Å². The van der Waals surface area contributed by atoms with Crippen LogP contribution in [0.2, 0.25) is 5.02 Å². The molecule has 0 aromatic heterocycles. The van der Waals surface area contributed by atoms with E-state index in [1.165, 1.54) is 24.9 Å². The SMILES string of the molecule is COC(=O)c1cccc(NC(=O)CSCC(=O)Nc2ccc(Cl)cc2)c1. The number of nitrogens with one attached hydrogen (secondary N) is 2. The summed E-state index contributed by atoms with van der Waals surface area (Å²) in [5.41, 5.74) is 1.48. The average Bonchev–Trinajstić information content (AvgIpc) is 2.63. The van der Waals surface area contributed by atoms with E-state index in [-0.39, 0.29) is 23.3 Å². The molecule has 0 heterocycles. The van der Waals surface area contributed by atoms with Crippen molar-refractivity contribution in [1.82, 2.24) is 0 Å². The number of hydrogen-bond acceptors (Lipinski definition) is 5. The van der Waals surface area contributed by atoms with E-state index in [2.05, 4.69) is 15.4 Å². The predicted molar refractivity (Wildman–Crippen MR) is 104 cm³/mol. The number of ether oxygens (including phenoxy) is 1. The molecule has 0 aliphatic heterocycles. The van der Waals surface area contributed by atoms with Crippen molar-refractivity contribution in [3.8, 4) is 0 Å². The number of carbonyl (C=O) groups is 3. The molecule has 0 saturated carbocycles. The minimum Gasteiger partial charge on any atom is -0.465 e. The molecule has 26 heavy (non-hydrogen) atoms. The lowest BCUT2D eigenvalue weighted by Crippen LogP contribution is -2.18. The predicted octanol–water partition coefficient (Wildman–Crippen LogP) is 3.44. The molecule has 0 spiro atoms. The Hall–Kier alpha value is -2.51. The normalized spacial score (nSPS) is 10.1. The minimum atomic E-state index is -0.477. The van der Waals surface area contributed by atoms with Crippen molar-refractivity contribution in [3.05, 3.63) is 59.1 Å². The molecule has 0 bridgehead atoms. The van der Waals surface area contributed by atoms with Gasteiger partial charge in [0.05, 0.1) is 24.2 Å². The van der Waals surface area contributed by atoms with Crippen molar-refractivity contribution < 1.29 is 19.1 Å². The van der Waals surface area contributed by atoms with Crippen molar-refractivity contribution in [1.29, 1.82) is 0 Å². The van der Waals surface area contributed by atoms with E-state index < -0.39 is 5.97 Å². The third-order valence-electron chi connectivity index (χ3n) is 3.16. The molecular weight excluding hydrogens is 376 g/mol. The maximum atomic E-state index is 11.9. The molecule has 2 rings (SSSR count). The topological polar surface area (TPSA) is 84.5 Å². The molecule has 0 unspecified atom stereocenters. The van der Waals surface area contributed by atoms with Gasteiger partial charge in [0, 0.05) is 16.4 Å².